The van der Waals surface area contributed by atoms with E-state index < -0.39 is 5.78 Å². The highest BCUT2D eigenvalue weighted by Crippen LogP contribution is 2.39. The number of hydrogen-bond acceptors (Lipinski definition) is 4. The number of phenols is 1. The van der Waals surface area contributed by atoms with Gasteiger partial charge in [-0.25, -0.2) is 4.39 Å². The molecule has 1 N–H and O–H groups in total. The van der Waals surface area contributed by atoms with Gasteiger partial charge in [-0.2, -0.15) is 0 Å². The first kappa shape index (κ1) is 15.6. The second-order valence-corrected chi connectivity index (χ2v) is 4.45. The number of carbonyl (C=O) groups is 1. The summed E-state index contributed by atoms with van der Waals surface area (Å²) in [5.41, 5.74) is 0.769. The first-order valence-corrected chi connectivity index (χ1v) is 6.48. The molecule has 0 aliphatic rings. The van der Waals surface area contributed by atoms with Gasteiger partial charge in [0.1, 0.15) is 5.82 Å². The standard InChI is InChI=1S/C17H15FO4/c1-21-15-10-8-13(16(20)17(15)22-2)14(19)9-5-11-3-6-12(18)7-4-11/h3-10,20H,1-2H3/b9-5+. The van der Waals surface area contributed by atoms with E-state index in [1.165, 1.54) is 50.6 Å². The van der Waals surface area contributed by atoms with Crippen molar-refractivity contribution in [1.29, 1.82) is 0 Å². The molecule has 5 heteroatoms. The summed E-state index contributed by atoms with van der Waals surface area (Å²) in [7, 11) is 2.81. The predicted molar refractivity (Wildman–Crippen MR) is 81.0 cm³/mol. The number of rotatable bonds is 5. The normalized spacial score (nSPS) is 10.7. The maximum absolute atomic E-state index is 12.8. The van der Waals surface area contributed by atoms with Gasteiger partial charge in [0, 0.05) is 0 Å². The minimum Gasteiger partial charge on any atom is -0.504 e. The van der Waals surface area contributed by atoms with Gasteiger partial charge >= 0.3 is 0 Å². The van der Waals surface area contributed by atoms with E-state index in [2.05, 4.69) is 0 Å². The van der Waals surface area contributed by atoms with Gasteiger partial charge in [-0.15, -0.1) is 0 Å². The average molecular weight is 302 g/mol. The van der Waals surface area contributed by atoms with Crippen LogP contribution in [0.2, 0.25) is 0 Å². The van der Waals surface area contributed by atoms with Gasteiger partial charge in [-0.3, -0.25) is 4.79 Å². The molecule has 2 aromatic carbocycles. The van der Waals surface area contributed by atoms with E-state index in [-0.39, 0.29) is 22.9 Å². The first-order valence-electron chi connectivity index (χ1n) is 6.48. The van der Waals surface area contributed by atoms with Crippen LogP contribution in [-0.2, 0) is 0 Å². The van der Waals surface area contributed by atoms with Crippen molar-refractivity contribution < 1.29 is 23.8 Å². The van der Waals surface area contributed by atoms with Crippen LogP contribution < -0.4 is 9.47 Å². The van der Waals surface area contributed by atoms with E-state index in [9.17, 15) is 14.3 Å². The Hall–Kier alpha value is -2.82. The molecule has 0 aromatic heterocycles. The van der Waals surface area contributed by atoms with Crippen LogP contribution in [0.4, 0.5) is 4.39 Å². The van der Waals surface area contributed by atoms with Crippen LogP contribution in [0.1, 0.15) is 15.9 Å². The number of allylic oxidation sites excluding steroid dienone is 1. The Labute approximate surface area is 127 Å². The van der Waals surface area contributed by atoms with Crippen LogP contribution in [0.3, 0.4) is 0 Å². The molecule has 0 unspecified atom stereocenters. The molecule has 0 aliphatic heterocycles. The highest BCUT2D eigenvalue weighted by molar-refractivity contribution is 6.09. The molecule has 0 fully saturated rings. The summed E-state index contributed by atoms with van der Waals surface area (Å²) in [4.78, 5) is 12.2. The summed E-state index contributed by atoms with van der Waals surface area (Å²) < 4.78 is 22.9. The Bertz CT molecular complexity index is 705. The van der Waals surface area contributed by atoms with Crippen molar-refractivity contribution in [3.8, 4) is 17.2 Å². The number of methoxy groups -OCH3 is 2. The van der Waals surface area contributed by atoms with Gasteiger partial charge in [-0.05, 0) is 35.9 Å². The van der Waals surface area contributed by atoms with Crippen molar-refractivity contribution in [3.05, 3.63) is 59.4 Å². The topological polar surface area (TPSA) is 55.8 Å². The molecular formula is C17H15FO4. The third-order valence-electron chi connectivity index (χ3n) is 3.08. The summed E-state index contributed by atoms with van der Waals surface area (Å²) in [6.07, 6.45) is 2.84. The monoisotopic (exact) mass is 302 g/mol. The molecule has 0 saturated carbocycles. The highest BCUT2D eigenvalue weighted by atomic mass is 19.1. The fraction of sp³-hybridized carbons (Fsp3) is 0.118. The lowest BCUT2D eigenvalue weighted by atomic mass is 10.1. The molecule has 0 heterocycles. The maximum atomic E-state index is 12.8. The minimum absolute atomic E-state index is 0.0935. The van der Waals surface area contributed by atoms with Crippen molar-refractivity contribution in [2.45, 2.75) is 0 Å². The number of carbonyl (C=O) groups excluding carboxylic acids is 1. The van der Waals surface area contributed by atoms with E-state index >= 15 is 0 Å². The number of aromatic hydroxyl groups is 1. The number of phenolic OH excluding ortho intramolecular Hbond substituents is 1. The van der Waals surface area contributed by atoms with Crippen molar-refractivity contribution in [2.75, 3.05) is 14.2 Å². The fourth-order valence-corrected chi connectivity index (χ4v) is 1.95. The molecule has 114 valence electrons. The number of benzene rings is 2. The van der Waals surface area contributed by atoms with Crippen LogP contribution in [0.5, 0.6) is 17.2 Å². The number of halogens is 1. The van der Waals surface area contributed by atoms with Crippen molar-refractivity contribution in [1.82, 2.24) is 0 Å². The van der Waals surface area contributed by atoms with Gasteiger partial charge in [-0.1, -0.05) is 18.2 Å². The second-order valence-electron chi connectivity index (χ2n) is 4.45. The smallest absolute Gasteiger partial charge is 0.203 e. The zero-order valence-corrected chi connectivity index (χ0v) is 12.2. The number of hydrogen-bond donors (Lipinski definition) is 1. The molecule has 0 amide bonds. The Balaban J connectivity index is 2.28. The molecule has 2 rings (SSSR count). The summed E-state index contributed by atoms with van der Waals surface area (Å²) in [5, 5.41) is 10.1. The Morgan fingerprint density at radius 3 is 2.36 bits per heavy atom. The quantitative estimate of drug-likeness (QED) is 0.679. The van der Waals surface area contributed by atoms with Crippen LogP contribution >= 0.6 is 0 Å². The zero-order valence-electron chi connectivity index (χ0n) is 12.2. The Morgan fingerprint density at radius 2 is 1.77 bits per heavy atom. The molecule has 0 bridgehead atoms. The third-order valence-corrected chi connectivity index (χ3v) is 3.08. The van der Waals surface area contributed by atoms with Gasteiger partial charge in [0.15, 0.2) is 17.3 Å². The maximum Gasteiger partial charge on any atom is 0.203 e. The summed E-state index contributed by atoms with van der Waals surface area (Å²) >= 11 is 0. The van der Waals surface area contributed by atoms with Crippen LogP contribution in [0, 0.1) is 5.82 Å². The Kier molecular flexibility index (Phi) is 4.78. The van der Waals surface area contributed by atoms with Gasteiger partial charge in [0.05, 0.1) is 19.8 Å². The molecule has 2 aromatic rings. The molecule has 0 radical (unpaired) electrons. The van der Waals surface area contributed by atoms with Crippen LogP contribution in [0.25, 0.3) is 6.08 Å². The van der Waals surface area contributed by atoms with Gasteiger partial charge < -0.3 is 14.6 Å². The molecule has 0 saturated heterocycles. The van der Waals surface area contributed by atoms with Gasteiger partial charge in [0.2, 0.25) is 5.75 Å². The third kappa shape index (κ3) is 3.25. The highest BCUT2D eigenvalue weighted by Gasteiger charge is 2.17. The lowest BCUT2D eigenvalue weighted by Gasteiger charge is -2.11. The molecular weight excluding hydrogens is 287 g/mol. The van der Waals surface area contributed by atoms with Crippen molar-refractivity contribution in [3.63, 3.8) is 0 Å². The summed E-state index contributed by atoms with van der Waals surface area (Å²) in [5.74, 6) is -0.595. The second kappa shape index (κ2) is 6.76. The molecule has 0 aliphatic carbocycles. The summed E-state index contributed by atoms with van der Waals surface area (Å²) in [6.45, 7) is 0. The van der Waals surface area contributed by atoms with Crippen molar-refractivity contribution in [2.24, 2.45) is 0 Å². The van der Waals surface area contributed by atoms with E-state index in [4.69, 9.17) is 9.47 Å². The average Bonchev–Trinajstić information content (AvgIpc) is 2.53. The minimum atomic E-state index is -0.400. The fourth-order valence-electron chi connectivity index (χ4n) is 1.95. The number of ether oxygens (including phenoxy) is 2. The van der Waals surface area contributed by atoms with Crippen LogP contribution in [-0.4, -0.2) is 25.1 Å². The molecule has 4 nitrogen and oxygen atoms in total. The predicted octanol–water partition coefficient (Wildman–Crippen LogP) is 3.44. The van der Waals surface area contributed by atoms with E-state index in [1.807, 2.05) is 0 Å². The summed E-state index contributed by atoms with van der Waals surface area (Å²) in [6, 6.07) is 8.70. The number of ketones is 1. The lowest BCUT2D eigenvalue weighted by molar-refractivity contribution is 0.104. The molecule has 22 heavy (non-hydrogen) atoms. The van der Waals surface area contributed by atoms with Crippen LogP contribution in [0.15, 0.2) is 42.5 Å². The van der Waals surface area contributed by atoms with E-state index in [0.717, 1.165) is 0 Å². The largest absolute Gasteiger partial charge is 0.504 e. The first-order chi connectivity index (χ1) is 10.6. The van der Waals surface area contributed by atoms with E-state index in [0.29, 0.717) is 11.3 Å². The molecule has 0 spiro atoms. The zero-order chi connectivity index (χ0) is 16.1. The van der Waals surface area contributed by atoms with Gasteiger partial charge in [0.25, 0.3) is 0 Å². The lowest BCUT2D eigenvalue weighted by Crippen LogP contribution is -1.99. The van der Waals surface area contributed by atoms with Crippen molar-refractivity contribution >= 4 is 11.9 Å². The SMILES string of the molecule is COc1ccc(C(=O)/C=C/c2ccc(F)cc2)c(O)c1OC. The molecule has 0 atom stereocenters. The Morgan fingerprint density at radius 1 is 1.09 bits per heavy atom. The van der Waals surface area contributed by atoms with E-state index in [1.54, 1.807) is 12.1 Å².